The van der Waals surface area contributed by atoms with E-state index in [0.29, 0.717) is 11.5 Å². The topological polar surface area (TPSA) is 48.8 Å². The molecule has 10 rings (SSSR count). The van der Waals surface area contributed by atoms with Crippen molar-refractivity contribution >= 4 is 65.7 Å². The standard InChI is InChI=1S/C40H24N4O/c1-2-12-26(13-3-1)43-32-18-8-4-16-29(32)30-23-22-25(24-35(30)43)37-39-38(31-17-7-11-21-36(31)45-39)42-40(41-37)44-33-19-9-5-14-27(33)28-15-6-10-20-34(28)44/h1-24H. The van der Waals surface area contributed by atoms with Gasteiger partial charge >= 0.3 is 0 Å². The summed E-state index contributed by atoms with van der Waals surface area (Å²) in [7, 11) is 0. The van der Waals surface area contributed by atoms with Gasteiger partial charge in [-0.3, -0.25) is 4.57 Å². The lowest BCUT2D eigenvalue weighted by Gasteiger charge is -2.11. The Morgan fingerprint density at radius 2 is 1.00 bits per heavy atom. The molecule has 0 saturated carbocycles. The Bertz CT molecular complexity index is 2710. The summed E-state index contributed by atoms with van der Waals surface area (Å²) in [5.41, 5.74) is 9.53. The first-order valence-corrected chi connectivity index (χ1v) is 15.1. The number of para-hydroxylation sites is 5. The van der Waals surface area contributed by atoms with E-state index in [1.165, 1.54) is 27.1 Å². The fourth-order valence-electron chi connectivity index (χ4n) is 6.99. The van der Waals surface area contributed by atoms with Gasteiger partial charge in [0.05, 0.1) is 22.1 Å². The maximum atomic E-state index is 6.53. The van der Waals surface area contributed by atoms with Crippen LogP contribution < -0.4 is 0 Å². The smallest absolute Gasteiger partial charge is 0.236 e. The summed E-state index contributed by atoms with van der Waals surface area (Å²) in [5.74, 6) is 0.616. The first kappa shape index (κ1) is 24.3. The zero-order chi connectivity index (χ0) is 29.5. The summed E-state index contributed by atoms with van der Waals surface area (Å²) in [6.45, 7) is 0. The summed E-state index contributed by atoms with van der Waals surface area (Å²) in [6, 6.07) is 50.7. The van der Waals surface area contributed by atoms with Crippen LogP contribution in [0, 0.1) is 0 Å². The minimum absolute atomic E-state index is 0.616. The largest absolute Gasteiger partial charge is 0.452 e. The second kappa shape index (κ2) is 9.15. The molecule has 210 valence electrons. The highest BCUT2D eigenvalue weighted by atomic mass is 16.3. The Hall–Kier alpha value is -6.20. The van der Waals surface area contributed by atoms with Crippen LogP contribution in [0.1, 0.15) is 0 Å². The molecule has 5 nitrogen and oxygen atoms in total. The van der Waals surface area contributed by atoms with Crippen molar-refractivity contribution < 1.29 is 4.42 Å². The van der Waals surface area contributed by atoms with Crippen molar-refractivity contribution in [1.29, 1.82) is 0 Å². The predicted molar refractivity (Wildman–Crippen MR) is 183 cm³/mol. The van der Waals surface area contributed by atoms with Crippen LogP contribution in [0.3, 0.4) is 0 Å². The van der Waals surface area contributed by atoms with Crippen molar-refractivity contribution in [2.24, 2.45) is 0 Å². The van der Waals surface area contributed by atoms with E-state index in [4.69, 9.17) is 14.4 Å². The van der Waals surface area contributed by atoms with Gasteiger partial charge in [0.2, 0.25) is 5.95 Å². The first-order valence-electron chi connectivity index (χ1n) is 15.1. The van der Waals surface area contributed by atoms with Crippen LogP contribution in [0.15, 0.2) is 150 Å². The van der Waals surface area contributed by atoms with Crippen molar-refractivity contribution in [2.45, 2.75) is 0 Å². The maximum absolute atomic E-state index is 6.53. The van der Waals surface area contributed by atoms with Crippen molar-refractivity contribution in [2.75, 3.05) is 0 Å². The van der Waals surface area contributed by atoms with E-state index in [-0.39, 0.29) is 0 Å². The molecule has 0 unspecified atom stereocenters. The van der Waals surface area contributed by atoms with Gasteiger partial charge in [0.15, 0.2) is 5.58 Å². The van der Waals surface area contributed by atoms with E-state index in [0.717, 1.165) is 50.0 Å². The average Bonchev–Trinajstić information content (AvgIpc) is 3.76. The Morgan fingerprint density at radius 1 is 0.444 bits per heavy atom. The van der Waals surface area contributed by atoms with Crippen LogP contribution >= 0.6 is 0 Å². The van der Waals surface area contributed by atoms with Crippen molar-refractivity contribution in [3.05, 3.63) is 146 Å². The van der Waals surface area contributed by atoms with Crippen LogP contribution in [0.5, 0.6) is 0 Å². The third-order valence-electron chi connectivity index (χ3n) is 8.95. The molecule has 0 aliphatic rings. The maximum Gasteiger partial charge on any atom is 0.236 e. The van der Waals surface area contributed by atoms with E-state index in [1.807, 2.05) is 18.2 Å². The SMILES string of the molecule is c1ccc(-n2c3ccccc3c3ccc(-c4nc(-n5c6ccccc6c6ccccc65)nc5c4oc4ccccc45)cc32)cc1. The first-order chi connectivity index (χ1) is 22.3. The lowest BCUT2D eigenvalue weighted by Crippen LogP contribution is -2.03. The molecular formula is C40H24N4O. The number of nitrogens with zero attached hydrogens (tertiary/aromatic N) is 4. The van der Waals surface area contributed by atoms with E-state index < -0.39 is 0 Å². The molecule has 0 fully saturated rings. The molecule has 4 heterocycles. The Labute approximate surface area is 257 Å². The monoisotopic (exact) mass is 576 g/mol. The number of furan rings is 1. The second-order valence-electron chi connectivity index (χ2n) is 11.4. The summed E-state index contributed by atoms with van der Waals surface area (Å²) < 4.78 is 11.0. The van der Waals surface area contributed by atoms with Crippen molar-refractivity contribution in [3.8, 4) is 22.9 Å². The van der Waals surface area contributed by atoms with E-state index in [2.05, 4.69) is 137 Å². The highest BCUT2D eigenvalue weighted by molar-refractivity contribution is 6.12. The van der Waals surface area contributed by atoms with Crippen LogP contribution in [0.25, 0.3) is 88.6 Å². The molecule has 4 aromatic heterocycles. The normalized spacial score (nSPS) is 12.0. The van der Waals surface area contributed by atoms with E-state index >= 15 is 0 Å². The molecule has 0 aliphatic heterocycles. The molecule has 0 N–H and O–H groups in total. The molecule has 0 spiro atoms. The Kier molecular flexibility index (Phi) is 4.93. The van der Waals surface area contributed by atoms with Crippen molar-refractivity contribution in [1.82, 2.24) is 19.1 Å². The minimum Gasteiger partial charge on any atom is -0.452 e. The van der Waals surface area contributed by atoms with Gasteiger partial charge in [0.1, 0.15) is 16.8 Å². The summed E-state index contributed by atoms with van der Waals surface area (Å²) in [4.78, 5) is 10.5. The highest BCUT2D eigenvalue weighted by Gasteiger charge is 2.22. The number of hydrogen-bond donors (Lipinski definition) is 0. The number of hydrogen-bond acceptors (Lipinski definition) is 3. The van der Waals surface area contributed by atoms with Crippen LogP contribution in [0.4, 0.5) is 0 Å². The molecule has 5 heteroatoms. The van der Waals surface area contributed by atoms with Gasteiger partial charge in [-0.1, -0.05) is 97.1 Å². The van der Waals surface area contributed by atoms with Crippen LogP contribution in [-0.2, 0) is 0 Å². The van der Waals surface area contributed by atoms with Gasteiger partial charge in [-0.15, -0.1) is 0 Å². The predicted octanol–water partition coefficient (Wildman–Crippen LogP) is 10.2. The average molecular weight is 577 g/mol. The van der Waals surface area contributed by atoms with Crippen molar-refractivity contribution in [3.63, 3.8) is 0 Å². The number of aromatic nitrogens is 4. The number of rotatable bonds is 3. The second-order valence-corrected chi connectivity index (χ2v) is 11.4. The lowest BCUT2D eigenvalue weighted by atomic mass is 10.1. The molecule has 6 aromatic carbocycles. The molecule has 0 atom stereocenters. The molecule has 0 bridgehead atoms. The van der Waals surface area contributed by atoms with Gasteiger partial charge in [0, 0.05) is 38.2 Å². The third-order valence-corrected chi connectivity index (χ3v) is 8.95. The summed E-state index contributed by atoms with van der Waals surface area (Å²) >= 11 is 0. The number of benzene rings is 6. The zero-order valence-electron chi connectivity index (χ0n) is 24.1. The fraction of sp³-hybridized carbons (Fsp3) is 0. The van der Waals surface area contributed by atoms with Gasteiger partial charge in [0.25, 0.3) is 0 Å². The molecule has 10 aromatic rings. The van der Waals surface area contributed by atoms with Gasteiger partial charge in [-0.25, -0.2) is 9.97 Å². The third kappa shape index (κ3) is 3.43. The van der Waals surface area contributed by atoms with Gasteiger partial charge in [-0.2, -0.15) is 0 Å². The van der Waals surface area contributed by atoms with Crippen LogP contribution in [-0.4, -0.2) is 19.1 Å². The molecule has 0 radical (unpaired) electrons. The highest BCUT2D eigenvalue weighted by Crippen LogP contribution is 2.39. The quantitative estimate of drug-likeness (QED) is 0.210. The fourth-order valence-corrected chi connectivity index (χ4v) is 6.99. The molecule has 0 saturated heterocycles. The summed E-state index contributed by atoms with van der Waals surface area (Å²) in [6.07, 6.45) is 0. The Balaban J connectivity index is 1.32. The minimum atomic E-state index is 0.616. The lowest BCUT2D eigenvalue weighted by molar-refractivity contribution is 0.666. The van der Waals surface area contributed by atoms with Crippen LogP contribution in [0.2, 0.25) is 0 Å². The van der Waals surface area contributed by atoms with E-state index in [9.17, 15) is 0 Å². The van der Waals surface area contributed by atoms with Gasteiger partial charge < -0.3 is 8.98 Å². The van der Waals surface area contributed by atoms with Gasteiger partial charge in [-0.05, 0) is 48.5 Å². The molecule has 0 amide bonds. The molecule has 45 heavy (non-hydrogen) atoms. The molecular weight excluding hydrogens is 552 g/mol. The number of fused-ring (bicyclic) bond motifs is 9. The zero-order valence-corrected chi connectivity index (χ0v) is 24.1. The summed E-state index contributed by atoms with van der Waals surface area (Å²) in [5, 5.41) is 5.72. The Morgan fingerprint density at radius 3 is 1.69 bits per heavy atom. The molecule has 0 aliphatic carbocycles. The van der Waals surface area contributed by atoms with E-state index in [1.54, 1.807) is 0 Å².